The highest BCUT2D eigenvalue weighted by Gasteiger charge is 2.31. The van der Waals surface area contributed by atoms with Gasteiger partial charge in [0.15, 0.2) is 0 Å². The van der Waals surface area contributed by atoms with E-state index in [1.54, 1.807) is 0 Å². The second-order valence-electron chi connectivity index (χ2n) is 1.94. The average Bonchev–Trinajstić information content (AvgIpc) is 2.22. The molecular weight excluding hydrogens is 108 g/mol. The monoisotopic (exact) mass is 116 g/mol. The first kappa shape index (κ1) is 5.17. The quantitative estimate of drug-likeness (QED) is 0.364. The molecule has 1 fully saturated rings. The first-order valence-corrected chi connectivity index (χ1v) is 3.05. The van der Waals surface area contributed by atoms with E-state index in [1.165, 1.54) is 6.42 Å². The third kappa shape index (κ3) is 1.20. The SMILES string of the molecule is C/C=C\C1CC1Cl. The predicted octanol–water partition coefficient (Wildman–Crippen LogP) is 2.19. The molecule has 1 saturated carbocycles. The van der Waals surface area contributed by atoms with Crippen LogP contribution in [-0.4, -0.2) is 5.38 Å². The molecule has 0 radical (unpaired) electrons. The molecule has 2 atom stereocenters. The summed E-state index contributed by atoms with van der Waals surface area (Å²) in [4.78, 5) is 0. The van der Waals surface area contributed by atoms with Crippen molar-refractivity contribution in [1.82, 2.24) is 0 Å². The fourth-order valence-electron chi connectivity index (χ4n) is 0.628. The smallest absolute Gasteiger partial charge is 0.0405 e. The Kier molecular flexibility index (Phi) is 1.38. The zero-order valence-corrected chi connectivity index (χ0v) is 5.15. The number of allylic oxidation sites excluding steroid dienone is 2. The lowest BCUT2D eigenvalue weighted by Gasteiger charge is -1.74. The molecule has 1 aliphatic carbocycles. The summed E-state index contributed by atoms with van der Waals surface area (Å²) < 4.78 is 0. The van der Waals surface area contributed by atoms with E-state index in [0.717, 1.165) is 0 Å². The van der Waals surface area contributed by atoms with E-state index in [1.807, 2.05) is 6.92 Å². The molecule has 0 spiro atoms. The van der Waals surface area contributed by atoms with Crippen LogP contribution in [-0.2, 0) is 0 Å². The standard InChI is InChI=1S/C6H9Cl/c1-2-3-5-4-6(5)7/h2-3,5-6H,4H2,1H3/b3-2-. The van der Waals surface area contributed by atoms with E-state index >= 15 is 0 Å². The maximum Gasteiger partial charge on any atom is 0.0405 e. The summed E-state index contributed by atoms with van der Waals surface area (Å²) in [7, 11) is 0. The Morgan fingerprint density at radius 2 is 2.29 bits per heavy atom. The third-order valence-corrected chi connectivity index (χ3v) is 1.70. The number of halogens is 1. The van der Waals surface area contributed by atoms with E-state index in [9.17, 15) is 0 Å². The van der Waals surface area contributed by atoms with Crippen molar-refractivity contribution < 1.29 is 0 Å². The minimum atomic E-state index is 0.455. The molecule has 1 rings (SSSR count). The van der Waals surface area contributed by atoms with Crippen LogP contribution in [0.15, 0.2) is 12.2 Å². The summed E-state index contributed by atoms with van der Waals surface area (Å²) in [6.07, 6.45) is 5.41. The first-order chi connectivity index (χ1) is 3.34. The Balaban J connectivity index is 2.21. The van der Waals surface area contributed by atoms with E-state index in [-0.39, 0.29) is 0 Å². The van der Waals surface area contributed by atoms with Crippen LogP contribution in [0.2, 0.25) is 0 Å². The molecule has 1 aliphatic rings. The van der Waals surface area contributed by atoms with Gasteiger partial charge in [0.25, 0.3) is 0 Å². The summed E-state index contributed by atoms with van der Waals surface area (Å²) >= 11 is 5.68. The van der Waals surface area contributed by atoms with E-state index < -0.39 is 0 Å². The van der Waals surface area contributed by atoms with Gasteiger partial charge in [0.2, 0.25) is 0 Å². The van der Waals surface area contributed by atoms with Crippen molar-refractivity contribution in [2.45, 2.75) is 18.7 Å². The lowest BCUT2D eigenvalue weighted by atomic mass is 10.4. The van der Waals surface area contributed by atoms with E-state index in [2.05, 4.69) is 12.2 Å². The summed E-state index contributed by atoms with van der Waals surface area (Å²) in [5.41, 5.74) is 0. The molecule has 0 nitrogen and oxygen atoms in total. The van der Waals surface area contributed by atoms with Crippen LogP contribution in [0.1, 0.15) is 13.3 Å². The van der Waals surface area contributed by atoms with Crippen molar-refractivity contribution in [2.24, 2.45) is 5.92 Å². The van der Waals surface area contributed by atoms with Gasteiger partial charge < -0.3 is 0 Å². The molecule has 1 heteroatoms. The highest BCUT2D eigenvalue weighted by Crippen LogP contribution is 2.36. The van der Waals surface area contributed by atoms with Crippen molar-refractivity contribution in [3.05, 3.63) is 12.2 Å². The molecule has 0 amide bonds. The summed E-state index contributed by atoms with van der Waals surface area (Å²) in [5.74, 6) is 0.701. The fourth-order valence-corrected chi connectivity index (χ4v) is 0.917. The minimum absolute atomic E-state index is 0.455. The molecule has 0 heterocycles. The molecular formula is C6H9Cl. The third-order valence-electron chi connectivity index (χ3n) is 1.20. The van der Waals surface area contributed by atoms with Crippen LogP contribution >= 0.6 is 11.6 Å². The lowest BCUT2D eigenvalue weighted by Crippen LogP contribution is -1.67. The first-order valence-electron chi connectivity index (χ1n) is 2.61. The largest absolute Gasteiger partial charge is 0.122 e. The highest BCUT2D eigenvalue weighted by molar-refractivity contribution is 6.22. The molecule has 0 aromatic rings. The van der Waals surface area contributed by atoms with Crippen LogP contribution in [0.5, 0.6) is 0 Å². The molecule has 0 aliphatic heterocycles. The van der Waals surface area contributed by atoms with E-state index in [4.69, 9.17) is 11.6 Å². The van der Waals surface area contributed by atoms with Gasteiger partial charge in [0, 0.05) is 5.38 Å². The molecule has 7 heavy (non-hydrogen) atoms. The number of hydrogen-bond donors (Lipinski definition) is 0. The van der Waals surface area contributed by atoms with Crippen LogP contribution in [0.3, 0.4) is 0 Å². The number of alkyl halides is 1. The second-order valence-corrected chi connectivity index (χ2v) is 2.50. The maximum absolute atomic E-state index is 5.68. The van der Waals surface area contributed by atoms with Crippen molar-refractivity contribution in [2.75, 3.05) is 0 Å². The van der Waals surface area contributed by atoms with Gasteiger partial charge in [-0.1, -0.05) is 12.2 Å². The Morgan fingerprint density at radius 1 is 1.71 bits per heavy atom. The van der Waals surface area contributed by atoms with Crippen molar-refractivity contribution in [3.63, 3.8) is 0 Å². The topological polar surface area (TPSA) is 0 Å². The Hall–Kier alpha value is 0.0300. The van der Waals surface area contributed by atoms with Gasteiger partial charge in [-0.25, -0.2) is 0 Å². The van der Waals surface area contributed by atoms with Crippen molar-refractivity contribution in [3.8, 4) is 0 Å². The van der Waals surface area contributed by atoms with Gasteiger partial charge in [-0.2, -0.15) is 0 Å². The zero-order valence-electron chi connectivity index (χ0n) is 4.39. The predicted molar refractivity (Wildman–Crippen MR) is 32.6 cm³/mol. The summed E-state index contributed by atoms with van der Waals surface area (Å²) in [6.45, 7) is 2.03. The van der Waals surface area contributed by atoms with Crippen LogP contribution in [0.25, 0.3) is 0 Å². The van der Waals surface area contributed by atoms with Gasteiger partial charge in [-0.3, -0.25) is 0 Å². The zero-order chi connectivity index (χ0) is 5.28. The van der Waals surface area contributed by atoms with Gasteiger partial charge in [-0.15, -0.1) is 11.6 Å². The molecule has 40 valence electrons. The number of hydrogen-bond acceptors (Lipinski definition) is 0. The van der Waals surface area contributed by atoms with Crippen molar-refractivity contribution >= 4 is 11.6 Å². The van der Waals surface area contributed by atoms with E-state index in [0.29, 0.717) is 11.3 Å². The molecule has 0 aromatic carbocycles. The summed E-state index contributed by atoms with van der Waals surface area (Å²) in [6, 6.07) is 0. The lowest BCUT2D eigenvalue weighted by molar-refractivity contribution is 1.12. The molecule has 2 unspecified atom stereocenters. The van der Waals surface area contributed by atoms with Gasteiger partial charge in [-0.05, 0) is 19.3 Å². The van der Waals surface area contributed by atoms with Crippen molar-refractivity contribution in [1.29, 1.82) is 0 Å². The maximum atomic E-state index is 5.68. The molecule has 0 saturated heterocycles. The minimum Gasteiger partial charge on any atom is -0.122 e. The van der Waals surface area contributed by atoms with Gasteiger partial charge in [0.1, 0.15) is 0 Å². The Labute approximate surface area is 49.2 Å². The van der Waals surface area contributed by atoms with Gasteiger partial charge in [0.05, 0.1) is 0 Å². The molecule has 0 bridgehead atoms. The normalized spacial score (nSPS) is 39.7. The average molecular weight is 117 g/mol. The molecule has 0 N–H and O–H groups in total. The Bertz CT molecular complexity index is 86.2. The van der Waals surface area contributed by atoms with Crippen LogP contribution in [0, 0.1) is 5.92 Å². The van der Waals surface area contributed by atoms with Crippen LogP contribution in [0.4, 0.5) is 0 Å². The number of rotatable bonds is 1. The summed E-state index contributed by atoms with van der Waals surface area (Å²) in [5, 5.41) is 0.455. The molecule has 0 aromatic heterocycles. The Morgan fingerprint density at radius 3 is 2.43 bits per heavy atom. The highest BCUT2D eigenvalue weighted by atomic mass is 35.5. The second kappa shape index (κ2) is 1.87. The van der Waals surface area contributed by atoms with Gasteiger partial charge >= 0.3 is 0 Å². The fraction of sp³-hybridized carbons (Fsp3) is 0.667. The van der Waals surface area contributed by atoms with Crippen LogP contribution < -0.4 is 0 Å².